The first kappa shape index (κ1) is 14.0. The second kappa shape index (κ2) is 6.14. The molecule has 1 amide bonds. The number of nitrogens with one attached hydrogen (secondary N) is 2. The van der Waals surface area contributed by atoms with E-state index in [1.807, 2.05) is 45.0 Å². The molecule has 5 nitrogen and oxygen atoms in total. The molecular weight excluding hydrogens is 252 g/mol. The van der Waals surface area contributed by atoms with Gasteiger partial charge in [0.15, 0.2) is 0 Å². The molecule has 0 atom stereocenters. The minimum Gasteiger partial charge on any atom is -0.352 e. The van der Waals surface area contributed by atoms with E-state index in [0.717, 1.165) is 11.3 Å². The molecule has 0 saturated carbocycles. The lowest BCUT2D eigenvalue weighted by molar-refractivity contribution is 0.102. The van der Waals surface area contributed by atoms with Crippen LogP contribution in [0.2, 0.25) is 0 Å². The van der Waals surface area contributed by atoms with Crippen LogP contribution in [-0.2, 0) is 0 Å². The number of carbonyl (C=O) groups is 1. The number of anilines is 2. The Morgan fingerprint density at radius 2 is 1.85 bits per heavy atom. The Bertz CT molecular complexity index is 593. The maximum absolute atomic E-state index is 12.1. The van der Waals surface area contributed by atoms with Crippen LogP contribution in [0.1, 0.15) is 29.9 Å². The first-order valence-electron chi connectivity index (χ1n) is 6.52. The van der Waals surface area contributed by atoms with Crippen molar-refractivity contribution in [2.24, 2.45) is 0 Å². The molecule has 1 aromatic heterocycles. The second-order valence-corrected chi connectivity index (χ2v) is 4.88. The van der Waals surface area contributed by atoms with Gasteiger partial charge in [-0.25, -0.2) is 9.97 Å². The highest BCUT2D eigenvalue weighted by molar-refractivity contribution is 6.02. The van der Waals surface area contributed by atoms with E-state index in [1.54, 1.807) is 12.3 Å². The van der Waals surface area contributed by atoms with Crippen molar-refractivity contribution >= 4 is 17.5 Å². The van der Waals surface area contributed by atoms with E-state index in [-0.39, 0.29) is 11.9 Å². The lowest BCUT2D eigenvalue weighted by Gasteiger charge is -2.09. The molecule has 2 rings (SSSR count). The number of rotatable bonds is 4. The molecule has 2 aromatic rings. The second-order valence-electron chi connectivity index (χ2n) is 4.88. The average molecular weight is 270 g/mol. The third kappa shape index (κ3) is 3.78. The van der Waals surface area contributed by atoms with Crippen LogP contribution in [0, 0.1) is 6.92 Å². The number of hydrogen-bond donors (Lipinski definition) is 2. The van der Waals surface area contributed by atoms with E-state index < -0.39 is 0 Å². The largest absolute Gasteiger partial charge is 0.352 e. The Kier molecular flexibility index (Phi) is 4.30. The van der Waals surface area contributed by atoms with Crippen LogP contribution in [0.3, 0.4) is 0 Å². The summed E-state index contributed by atoms with van der Waals surface area (Å²) in [4.78, 5) is 20.4. The van der Waals surface area contributed by atoms with Gasteiger partial charge in [-0.3, -0.25) is 4.79 Å². The fourth-order valence-electron chi connectivity index (χ4n) is 1.64. The standard InChI is InChI=1S/C15H18N4O/c1-10(2)17-15-16-9-8-13(19-15)14(20)18-12-6-4-11(3)5-7-12/h4-10H,1-3H3,(H,18,20)(H,16,17,19). The summed E-state index contributed by atoms with van der Waals surface area (Å²) in [6.45, 7) is 5.98. The van der Waals surface area contributed by atoms with Crippen LogP contribution in [0.15, 0.2) is 36.5 Å². The van der Waals surface area contributed by atoms with E-state index >= 15 is 0 Å². The van der Waals surface area contributed by atoms with Crippen LogP contribution in [0.4, 0.5) is 11.6 Å². The van der Waals surface area contributed by atoms with Crippen LogP contribution < -0.4 is 10.6 Å². The molecule has 104 valence electrons. The molecule has 0 aliphatic heterocycles. The molecule has 0 radical (unpaired) electrons. The van der Waals surface area contributed by atoms with E-state index in [9.17, 15) is 4.79 Å². The number of hydrogen-bond acceptors (Lipinski definition) is 4. The highest BCUT2D eigenvalue weighted by atomic mass is 16.1. The number of benzene rings is 1. The van der Waals surface area contributed by atoms with Crippen LogP contribution in [-0.4, -0.2) is 21.9 Å². The first-order chi connectivity index (χ1) is 9.54. The Morgan fingerprint density at radius 1 is 1.15 bits per heavy atom. The fourth-order valence-corrected chi connectivity index (χ4v) is 1.64. The Balaban J connectivity index is 2.10. The van der Waals surface area contributed by atoms with E-state index in [4.69, 9.17) is 0 Å². The van der Waals surface area contributed by atoms with E-state index in [2.05, 4.69) is 20.6 Å². The maximum Gasteiger partial charge on any atom is 0.274 e. The average Bonchev–Trinajstić information content (AvgIpc) is 2.41. The highest BCUT2D eigenvalue weighted by Gasteiger charge is 2.09. The van der Waals surface area contributed by atoms with Gasteiger partial charge in [0.1, 0.15) is 5.69 Å². The van der Waals surface area contributed by atoms with Gasteiger partial charge in [0, 0.05) is 17.9 Å². The summed E-state index contributed by atoms with van der Waals surface area (Å²) >= 11 is 0. The van der Waals surface area contributed by atoms with Crippen molar-refractivity contribution in [2.45, 2.75) is 26.8 Å². The Hall–Kier alpha value is -2.43. The van der Waals surface area contributed by atoms with E-state index in [1.165, 1.54) is 0 Å². The molecule has 2 N–H and O–H groups in total. The predicted molar refractivity (Wildman–Crippen MR) is 79.9 cm³/mol. The fraction of sp³-hybridized carbons (Fsp3) is 0.267. The highest BCUT2D eigenvalue weighted by Crippen LogP contribution is 2.10. The first-order valence-corrected chi connectivity index (χ1v) is 6.52. The van der Waals surface area contributed by atoms with Gasteiger partial charge in [-0.05, 0) is 39.0 Å². The zero-order valence-corrected chi connectivity index (χ0v) is 11.8. The smallest absolute Gasteiger partial charge is 0.274 e. The van der Waals surface area contributed by atoms with Gasteiger partial charge in [0.05, 0.1) is 0 Å². The lowest BCUT2D eigenvalue weighted by atomic mass is 10.2. The Morgan fingerprint density at radius 3 is 2.50 bits per heavy atom. The number of amides is 1. The molecule has 0 fully saturated rings. The normalized spacial score (nSPS) is 10.4. The van der Waals surface area contributed by atoms with Crippen LogP contribution in [0.5, 0.6) is 0 Å². The van der Waals surface area contributed by atoms with Gasteiger partial charge >= 0.3 is 0 Å². The molecule has 20 heavy (non-hydrogen) atoms. The number of aromatic nitrogens is 2. The van der Waals surface area contributed by atoms with Crippen molar-refractivity contribution in [3.63, 3.8) is 0 Å². The van der Waals surface area contributed by atoms with Crippen LogP contribution in [0.25, 0.3) is 0 Å². The minimum atomic E-state index is -0.247. The van der Waals surface area contributed by atoms with Gasteiger partial charge in [0.25, 0.3) is 5.91 Å². The molecule has 0 bridgehead atoms. The summed E-state index contributed by atoms with van der Waals surface area (Å²) in [5.41, 5.74) is 2.23. The van der Waals surface area contributed by atoms with Crippen molar-refractivity contribution in [3.05, 3.63) is 47.8 Å². The molecule has 0 aliphatic rings. The van der Waals surface area contributed by atoms with Gasteiger partial charge < -0.3 is 10.6 Å². The molecule has 0 spiro atoms. The summed E-state index contributed by atoms with van der Waals surface area (Å²) in [5, 5.41) is 5.88. The quantitative estimate of drug-likeness (QED) is 0.896. The predicted octanol–water partition coefficient (Wildman–Crippen LogP) is 2.86. The summed E-state index contributed by atoms with van der Waals surface area (Å²) < 4.78 is 0. The zero-order chi connectivity index (χ0) is 14.5. The van der Waals surface area contributed by atoms with Crippen molar-refractivity contribution in [1.82, 2.24) is 9.97 Å². The lowest BCUT2D eigenvalue weighted by Crippen LogP contribution is -2.17. The van der Waals surface area contributed by atoms with Gasteiger partial charge in [-0.1, -0.05) is 17.7 Å². The van der Waals surface area contributed by atoms with E-state index in [0.29, 0.717) is 11.6 Å². The summed E-state index contributed by atoms with van der Waals surface area (Å²) in [7, 11) is 0. The third-order valence-electron chi connectivity index (χ3n) is 2.62. The molecule has 1 aromatic carbocycles. The zero-order valence-electron chi connectivity index (χ0n) is 11.8. The number of nitrogens with zero attached hydrogens (tertiary/aromatic N) is 2. The van der Waals surface area contributed by atoms with Crippen molar-refractivity contribution < 1.29 is 4.79 Å². The SMILES string of the molecule is Cc1ccc(NC(=O)c2ccnc(NC(C)C)n2)cc1. The van der Waals surface area contributed by atoms with Crippen LogP contribution >= 0.6 is 0 Å². The molecule has 0 aliphatic carbocycles. The summed E-state index contributed by atoms with van der Waals surface area (Å²) in [6.07, 6.45) is 1.57. The molecule has 0 saturated heterocycles. The maximum atomic E-state index is 12.1. The summed E-state index contributed by atoms with van der Waals surface area (Å²) in [5.74, 6) is 0.208. The van der Waals surface area contributed by atoms with Gasteiger partial charge in [-0.15, -0.1) is 0 Å². The molecule has 5 heteroatoms. The Labute approximate surface area is 118 Å². The van der Waals surface area contributed by atoms with Gasteiger partial charge in [0.2, 0.25) is 5.95 Å². The van der Waals surface area contributed by atoms with Gasteiger partial charge in [-0.2, -0.15) is 0 Å². The third-order valence-corrected chi connectivity index (χ3v) is 2.62. The molecule has 0 unspecified atom stereocenters. The molecule has 1 heterocycles. The van der Waals surface area contributed by atoms with Crippen molar-refractivity contribution in [3.8, 4) is 0 Å². The van der Waals surface area contributed by atoms with Crippen molar-refractivity contribution in [1.29, 1.82) is 0 Å². The topological polar surface area (TPSA) is 66.9 Å². The molecular formula is C15H18N4O. The number of carbonyl (C=O) groups excluding carboxylic acids is 1. The minimum absolute atomic E-state index is 0.213. The number of aryl methyl sites for hydroxylation is 1. The van der Waals surface area contributed by atoms with Crippen molar-refractivity contribution in [2.75, 3.05) is 10.6 Å². The monoisotopic (exact) mass is 270 g/mol. The summed E-state index contributed by atoms with van der Waals surface area (Å²) in [6, 6.07) is 9.42.